The molecule has 2 heterocycles. The molecule has 3 N–H and O–H groups in total. The summed E-state index contributed by atoms with van der Waals surface area (Å²) in [6, 6.07) is 1.59. The van der Waals surface area contributed by atoms with Crippen molar-refractivity contribution in [3.05, 3.63) is 47.5 Å². The van der Waals surface area contributed by atoms with Gasteiger partial charge in [0.25, 0.3) is 5.91 Å². The fraction of sp³-hybridized carbons (Fsp3) is 0.381. The number of anilines is 1. The molecule has 1 aromatic carbocycles. The molecule has 3 unspecified atom stereocenters. The fourth-order valence-corrected chi connectivity index (χ4v) is 4.71. The van der Waals surface area contributed by atoms with Crippen LogP contribution in [0.25, 0.3) is 0 Å². The van der Waals surface area contributed by atoms with E-state index in [0.717, 1.165) is 33.9 Å². The highest BCUT2D eigenvalue weighted by Gasteiger charge is 2.35. The van der Waals surface area contributed by atoms with Crippen LogP contribution in [-0.2, 0) is 27.6 Å². The van der Waals surface area contributed by atoms with Crippen molar-refractivity contribution in [1.29, 1.82) is 0 Å². The van der Waals surface area contributed by atoms with E-state index in [-0.39, 0.29) is 25.2 Å². The molecular formula is C21H23F4N5O4S. The summed E-state index contributed by atoms with van der Waals surface area (Å²) < 4.78 is 72.3. The van der Waals surface area contributed by atoms with Gasteiger partial charge in [0, 0.05) is 38.1 Å². The number of rotatable bonds is 6. The average Bonchev–Trinajstić information content (AvgIpc) is 3.11. The molecule has 1 fully saturated rings. The van der Waals surface area contributed by atoms with Gasteiger partial charge in [0.1, 0.15) is 27.7 Å². The second kappa shape index (κ2) is 11.0. The first-order valence-corrected chi connectivity index (χ1v) is 11.7. The SMILES string of the molecule is CCNC(=O)C(=O)N1CCC(NS(=O)c2cn(C)c(C(=O)Nc3ccc(F)c(F)c3)c2F)C(F)C1. The lowest BCUT2D eigenvalue weighted by atomic mass is 10.0. The first-order valence-electron chi connectivity index (χ1n) is 10.5. The number of halogens is 4. The molecule has 1 aromatic heterocycles. The van der Waals surface area contributed by atoms with Gasteiger partial charge in [0.15, 0.2) is 17.5 Å². The van der Waals surface area contributed by atoms with E-state index >= 15 is 0 Å². The molecule has 2 aromatic rings. The summed E-state index contributed by atoms with van der Waals surface area (Å²) in [6.07, 6.45) is -0.593. The van der Waals surface area contributed by atoms with Crippen LogP contribution in [0.1, 0.15) is 23.8 Å². The van der Waals surface area contributed by atoms with E-state index in [9.17, 15) is 36.2 Å². The number of benzene rings is 1. The van der Waals surface area contributed by atoms with Crippen LogP contribution < -0.4 is 15.4 Å². The van der Waals surface area contributed by atoms with E-state index in [1.54, 1.807) is 6.92 Å². The maximum atomic E-state index is 15.0. The Labute approximate surface area is 200 Å². The largest absolute Gasteiger partial charge is 0.348 e. The number of nitrogens with one attached hydrogen (secondary N) is 3. The summed E-state index contributed by atoms with van der Waals surface area (Å²) in [7, 11) is -0.952. The quantitative estimate of drug-likeness (QED) is 0.397. The lowest BCUT2D eigenvalue weighted by molar-refractivity contribution is -0.147. The van der Waals surface area contributed by atoms with Crippen molar-refractivity contribution in [2.45, 2.75) is 30.5 Å². The van der Waals surface area contributed by atoms with Crippen molar-refractivity contribution >= 4 is 34.4 Å². The molecular weight excluding hydrogens is 494 g/mol. The minimum Gasteiger partial charge on any atom is -0.348 e. The molecule has 9 nitrogen and oxygen atoms in total. The van der Waals surface area contributed by atoms with E-state index in [1.165, 1.54) is 7.05 Å². The van der Waals surface area contributed by atoms with Crippen LogP contribution in [0, 0.1) is 17.5 Å². The zero-order valence-electron chi connectivity index (χ0n) is 18.7. The van der Waals surface area contributed by atoms with Crippen molar-refractivity contribution in [1.82, 2.24) is 19.5 Å². The van der Waals surface area contributed by atoms with Crippen LogP contribution in [0.5, 0.6) is 0 Å². The summed E-state index contributed by atoms with van der Waals surface area (Å²) in [5.41, 5.74) is -0.650. The average molecular weight is 518 g/mol. The Morgan fingerprint density at radius 1 is 1.17 bits per heavy atom. The van der Waals surface area contributed by atoms with E-state index < -0.39 is 75.5 Å². The first-order chi connectivity index (χ1) is 16.5. The van der Waals surface area contributed by atoms with Gasteiger partial charge >= 0.3 is 11.8 Å². The van der Waals surface area contributed by atoms with Gasteiger partial charge in [-0.2, -0.15) is 0 Å². The minimum atomic E-state index is -2.26. The van der Waals surface area contributed by atoms with Crippen LogP contribution >= 0.6 is 0 Å². The molecule has 3 atom stereocenters. The maximum Gasteiger partial charge on any atom is 0.311 e. The number of hydrogen-bond acceptors (Lipinski definition) is 4. The second-order valence-electron chi connectivity index (χ2n) is 7.76. The molecule has 1 saturated heterocycles. The molecule has 3 rings (SSSR count). The highest BCUT2D eigenvalue weighted by molar-refractivity contribution is 7.83. The molecule has 14 heteroatoms. The molecule has 1 aliphatic heterocycles. The summed E-state index contributed by atoms with van der Waals surface area (Å²) >= 11 is 0. The first kappa shape index (κ1) is 26.3. The zero-order valence-corrected chi connectivity index (χ0v) is 19.6. The Bertz CT molecular complexity index is 1170. The number of aromatic nitrogens is 1. The lowest BCUT2D eigenvalue weighted by Gasteiger charge is -2.34. The number of piperidine rings is 1. The van der Waals surface area contributed by atoms with Crippen LogP contribution in [-0.4, -0.2) is 63.2 Å². The van der Waals surface area contributed by atoms with Gasteiger partial charge in [-0.25, -0.2) is 26.5 Å². The molecule has 0 bridgehead atoms. The Morgan fingerprint density at radius 2 is 1.89 bits per heavy atom. The summed E-state index contributed by atoms with van der Waals surface area (Å²) in [5.74, 6) is -6.20. The number of carbonyl (C=O) groups excluding carboxylic acids is 3. The van der Waals surface area contributed by atoms with E-state index in [2.05, 4.69) is 15.4 Å². The van der Waals surface area contributed by atoms with Crippen LogP contribution in [0.15, 0.2) is 29.3 Å². The predicted octanol–water partition coefficient (Wildman–Crippen LogP) is 1.38. The maximum absolute atomic E-state index is 15.0. The molecule has 0 saturated carbocycles. The third kappa shape index (κ3) is 5.88. The standard InChI is InChI=1S/C21H23F4N5O4S/c1-3-26-20(32)21(33)30-7-6-15(14(24)9-30)28-35(34)16-10-29(2)18(17(16)25)19(31)27-11-4-5-12(22)13(23)8-11/h4-5,8,10,14-15,28H,3,6-7,9H2,1-2H3,(H,26,32)(H,27,31). The van der Waals surface area contributed by atoms with Gasteiger partial charge in [0.2, 0.25) is 0 Å². The summed E-state index contributed by atoms with van der Waals surface area (Å²) in [5, 5.41) is 4.56. The summed E-state index contributed by atoms with van der Waals surface area (Å²) in [4.78, 5) is 36.8. The highest BCUT2D eigenvalue weighted by Crippen LogP contribution is 2.22. The third-order valence-corrected chi connectivity index (χ3v) is 6.50. The molecule has 0 aliphatic carbocycles. The van der Waals surface area contributed by atoms with E-state index in [1.807, 2.05) is 0 Å². The van der Waals surface area contributed by atoms with E-state index in [4.69, 9.17) is 0 Å². The van der Waals surface area contributed by atoms with Crippen molar-refractivity contribution in [3.8, 4) is 0 Å². The van der Waals surface area contributed by atoms with Gasteiger partial charge in [-0.1, -0.05) is 0 Å². The van der Waals surface area contributed by atoms with Crippen LogP contribution in [0.2, 0.25) is 0 Å². The Morgan fingerprint density at radius 3 is 2.51 bits per heavy atom. The molecule has 35 heavy (non-hydrogen) atoms. The van der Waals surface area contributed by atoms with Crippen molar-refractivity contribution < 1.29 is 36.2 Å². The number of likely N-dealkylation sites (N-methyl/N-ethyl adjacent to an activating group) is 1. The van der Waals surface area contributed by atoms with E-state index in [0.29, 0.717) is 0 Å². The van der Waals surface area contributed by atoms with Crippen molar-refractivity contribution in [3.63, 3.8) is 0 Å². The predicted molar refractivity (Wildman–Crippen MR) is 118 cm³/mol. The number of likely N-dealkylation sites (tertiary alicyclic amines) is 1. The zero-order chi connectivity index (χ0) is 25.9. The van der Waals surface area contributed by atoms with Crippen molar-refractivity contribution in [2.24, 2.45) is 7.05 Å². The number of aryl methyl sites for hydroxylation is 1. The third-order valence-electron chi connectivity index (χ3n) is 5.30. The smallest absolute Gasteiger partial charge is 0.311 e. The second-order valence-corrected chi connectivity index (χ2v) is 8.97. The Hall–Kier alpha value is -3.26. The fourth-order valence-electron chi connectivity index (χ4n) is 3.52. The Kier molecular flexibility index (Phi) is 8.27. The van der Waals surface area contributed by atoms with Gasteiger partial charge in [-0.3, -0.25) is 14.4 Å². The molecule has 0 radical (unpaired) electrons. The number of amides is 3. The topological polar surface area (TPSA) is 113 Å². The highest BCUT2D eigenvalue weighted by atomic mass is 32.2. The van der Waals surface area contributed by atoms with Crippen LogP contribution in [0.4, 0.5) is 23.2 Å². The normalized spacial score (nSPS) is 18.7. The lowest BCUT2D eigenvalue weighted by Crippen LogP contribution is -2.55. The Balaban J connectivity index is 1.67. The number of hydrogen-bond donors (Lipinski definition) is 3. The monoisotopic (exact) mass is 517 g/mol. The van der Waals surface area contributed by atoms with Gasteiger partial charge < -0.3 is 20.1 Å². The van der Waals surface area contributed by atoms with Gasteiger partial charge in [-0.15, -0.1) is 0 Å². The molecule has 3 amide bonds. The number of carbonyl (C=O) groups is 3. The molecule has 0 spiro atoms. The van der Waals surface area contributed by atoms with Gasteiger partial charge in [0.05, 0.1) is 12.6 Å². The minimum absolute atomic E-state index is 0.00990. The number of alkyl halides is 1. The summed E-state index contributed by atoms with van der Waals surface area (Å²) in [6.45, 7) is 1.48. The molecule has 1 aliphatic rings. The molecule has 190 valence electrons. The number of nitrogens with zero attached hydrogens (tertiary/aromatic N) is 2. The van der Waals surface area contributed by atoms with Crippen molar-refractivity contribution in [2.75, 3.05) is 25.0 Å². The van der Waals surface area contributed by atoms with Crippen LogP contribution in [0.3, 0.4) is 0 Å². The van der Waals surface area contributed by atoms with Gasteiger partial charge in [-0.05, 0) is 25.5 Å².